The van der Waals surface area contributed by atoms with Gasteiger partial charge < -0.3 is 19.5 Å². The molecule has 2 heterocycles. The lowest BCUT2D eigenvalue weighted by Crippen LogP contribution is -2.34. The second-order valence-electron chi connectivity index (χ2n) is 15.3. The van der Waals surface area contributed by atoms with Crippen LogP contribution in [0.4, 0.5) is 11.4 Å². The van der Waals surface area contributed by atoms with Gasteiger partial charge in [-0.2, -0.15) is 4.58 Å². The van der Waals surface area contributed by atoms with Crippen molar-refractivity contribution in [2.24, 2.45) is 0 Å². The number of nitrogens with zero attached hydrogens (tertiary/aromatic N) is 2. The number of hydrogen-bond donors (Lipinski definition) is 1. The number of hydrogen-bond acceptors (Lipinski definition) is 4. The lowest BCUT2D eigenvalue weighted by Gasteiger charge is -2.36. The number of aliphatic hydroxyl groups excluding tert-OH is 1. The lowest BCUT2D eigenvalue weighted by molar-refractivity contribution is -0.439. The number of benzene rings is 5. The molecule has 0 amide bonds. The normalized spacial score (nSPS) is 16.6. The molecule has 0 saturated heterocycles. The maximum Gasteiger partial charge on any atom is 0.209 e. The molecule has 5 aromatic carbocycles. The number of para-hydroxylation sites is 2. The average Bonchev–Trinajstić information content (AvgIpc) is 3.56. The molecule has 2 aliphatic heterocycles. The summed E-state index contributed by atoms with van der Waals surface area (Å²) in [5, 5.41) is 9.73. The first-order valence-electron chi connectivity index (χ1n) is 19.2. The topological polar surface area (TPSA) is 44.9 Å². The summed E-state index contributed by atoms with van der Waals surface area (Å²) < 4.78 is 15.2. The molecule has 0 aliphatic carbocycles. The van der Waals surface area contributed by atoms with Gasteiger partial charge in [-0.3, -0.25) is 0 Å². The minimum atomic E-state index is -0.802. The Kier molecular flexibility index (Phi) is 10.7. The van der Waals surface area contributed by atoms with Crippen LogP contribution in [0.25, 0.3) is 0 Å². The van der Waals surface area contributed by atoms with Crippen LogP contribution in [0.2, 0.25) is 0 Å². The van der Waals surface area contributed by atoms with Crippen molar-refractivity contribution in [2.75, 3.05) is 38.3 Å². The predicted octanol–water partition coefficient (Wildman–Crippen LogP) is 10.1. The Morgan fingerprint density at radius 3 is 1.93 bits per heavy atom. The van der Waals surface area contributed by atoms with Gasteiger partial charge in [0.05, 0.1) is 19.1 Å². The summed E-state index contributed by atoms with van der Waals surface area (Å²) in [5.41, 5.74) is 9.74. The highest BCUT2D eigenvalue weighted by molar-refractivity contribution is 6.03. The van der Waals surface area contributed by atoms with E-state index in [1.807, 2.05) is 12.1 Å². The van der Waals surface area contributed by atoms with Gasteiger partial charge in [0.25, 0.3) is 0 Å². The summed E-state index contributed by atoms with van der Waals surface area (Å²) in [6, 6.07) is 46.9. The molecular formula is C49H53N2O3+. The van der Waals surface area contributed by atoms with Crippen LogP contribution in [-0.4, -0.2) is 48.8 Å². The SMILES string of the molecule is COc1ccc(C(OCCC[N+]2=C(/C=C/C=C3/N(CCCO)c4ccccc4C3(C)C)C(C)(C)c3ccccc32)(c2ccccc2)c2ccccc2)cc1. The number of rotatable bonds is 14. The van der Waals surface area contributed by atoms with Gasteiger partial charge in [0.15, 0.2) is 12.3 Å². The van der Waals surface area contributed by atoms with Crippen LogP contribution in [0.3, 0.4) is 0 Å². The van der Waals surface area contributed by atoms with Crippen molar-refractivity contribution >= 4 is 17.1 Å². The van der Waals surface area contributed by atoms with Crippen LogP contribution < -0.4 is 9.64 Å². The van der Waals surface area contributed by atoms with E-state index < -0.39 is 5.60 Å². The number of aliphatic hydroxyl groups is 1. The van der Waals surface area contributed by atoms with Gasteiger partial charge >= 0.3 is 0 Å². The number of anilines is 1. The molecule has 7 rings (SSSR count). The third-order valence-electron chi connectivity index (χ3n) is 11.3. The number of allylic oxidation sites excluding steroid dienone is 4. The molecular weight excluding hydrogens is 665 g/mol. The van der Waals surface area contributed by atoms with Crippen LogP contribution in [-0.2, 0) is 21.2 Å². The minimum Gasteiger partial charge on any atom is -0.497 e. The fourth-order valence-electron chi connectivity index (χ4n) is 8.59. The molecule has 0 radical (unpaired) electrons. The Bertz CT molecular complexity index is 2110. The Morgan fingerprint density at radius 1 is 0.685 bits per heavy atom. The zero-order chi connectivity index (χ0) is 37.8. The molecule has 5 nitrogen and oxygen atoms in total. The zero-order valence-corrected chi connectivity index (χ0v) is 32.3. The molecule has 0 bridgehead atoms. The van der Waals surface area contributed by atoms with Crippen molar-refractivity contribution in [3.8, 4) is 5.75 Å². The maximum absolute atomic E-state index is 9.73. The van der Waals surface area contributed by atoms with Crippen LogP contribution in [0.5, 0.6) is 5.75 Å². The average molecular weight is 718 g/mol. The molecule has 0 spiro atoms. The number of ether oxygens (including phenoxy) is 2. The Morgan fingerprint density at radius 2 is 1.28 bits per heavy atom. The fraction of sp³-hybridized carbons (Fsp3) is 0.286. The number of methoxy groups -OCH3 is 1. The monoisotopic (exact) mass is 717 g/mol. The standard InChI is InChI=1S/C49H53N2O3/c1-47(2)41-23-12-14-25-43(41)50(33-17-35-52)45(47)27-16-28-46-48(3,4)42-24-13-15-26-44(42)51(46)34-18-36-54-49(37-19-8-6-9-20-37,38-21-10-7-11-22-38)39-29-31-40(53-5)32-30-39/h6-16,19-32,52H,17-18,33-36H2,1-5H3/q+1. The summed E-state index contributed by atoms with van der Waals surface area (Å²) in [4.78, 5) is 2.39. The highest BCUT2D eigenvalue weighted by Gasteiger charge is 2.45. The fourth-order valence-corrected chi connectivity index (χ4v) is 8.59. The first-order valence-corrected chi connectivity index (χ1v) is 19.2. The van der Waals surface area contributed by atoms with Gasteiger partial charge in [-0.1, -0.05) is 129 Å². The van der Waals surface area contributed by atoms with Gasteiger partial charge in [0, 0.05) is 54.1 Å². The molecule has 0 aromatic heterocycles. The smallest absolute Gasteiger partial charge is 0.209 e. The van der Waals surface area contributed by atoms with Gasteiger partial charge in [-0.05, 0) is 66.8 Å². The quantitative estimate of drug-likeness (QED) is 0.0706. The second kappa shape index (κ2) is 15.6. The third kappa shape index (κ3) is 6.72. The predicted molar refractivity (Wildman–Crippen MR) is 221 cm³/mol. The highest BCUT2D eigenvalue weighted by Crippen LogP contribution is 2.48. The van der Waals surface area contributed by atoms with Crippen molar-refractivity contribution in [2.45, 2.75) is 57.0 Å². The van der Waals surface area contributed by atoms with E-state index >= 15 is 0 Å². The molecule has 1 N–H and O–H groups in total. The summed E-state index contributed by atoms with van der Waals surface area (Å²) in [7, 11) is 1.70. The molecule has 0 atom stereocenters. The van der Waals surface area contributed by atoms with Gasteiger partial charge in [-0.15, -0.1) is 0 Å². The van der Waals surface area contributed by atoms with Crippen molar-refractivity contribution in [1.82, 2.24) is 0 Å². The Labute approximate surface area is 321 Å². The zero-order valence-electron chi connectivity index (χ0n) is 32.3. The number of fused-ring (bicyclic) bond motifs is 2. The summed E-state index contributed by atoms with van der Waals surface area (Å²) in [6.45, 7) is 11.6. The van der Waals surface area contributed by atoms with E-state index in [2.05, 4.69) is 177 Å². The van der Waals surface area contributed by atoms with Gasteiger partial charge in [0.1, 0.15) is 11.4 Å². The first kappa shape index (κ1) is 37.1. The van der Waals surface area contributed by atoms with E-state index in [0.717, 1.165) is 48.4 Å². The van der Waals surface area contributed by atoms with Crippen LogP contribution in [0, 0.1) is 0 Å². The van der Waals surface area contributed by atoms with E-state index in [4.69, 9.17) is 9.47 Å². The van der Waals surface area contributed by atoms with E-state index in [1.54, 1.807) is 7.11 Å². The third-order valence-corrected chi connectivity index (χ3v) is 11.3. The molecule has 0 fully saturated rings. The molecule has 0 saturated carbocycles. The van der Waals surface area contributed by atoms with Gasteiger partial charge in [-0.25, -0.2) is 0 Å². The second-order valence-corrected chi connectivity index (χ2v) is 15.3. The molecule has 5 aromatic rings. The Balaban J connectivity index is 1.22. The minimum absolute atomic E-state index is 0.153. The largest absolute Gasteiger partial charge is 0.497 e. The van der Waals surface area contributed by atoms with Crippen LogP contribution in [0.1, 0.15) is 68.4 Å². The van der Waals surface area contributed by atoms with Gasteiger partial charge in [0.2, 0.25) is 5.69 Å². The molecule has 0 unspecified atom stereocenters. The highest BCUT2D eigenvalue weighted by atomic mass is 16.5. The summed E-state index contributed by atoms with van der Waals surface area (Å²) in [5.74, 6) is 0.815. The van der Waals surface area contributed by atoms with Crippen molar-refractivity contribution in [3.05, 3.63) is 185 Å². The first-order chi connectivity index (χ1) is 26.2. The van der Waals surface area contributed by atoms with Crippen molar-refractivity contribution in [3.63, 3.8) is 0 Å². The van der Waals surface area contributed by atoms with E-state index in [1.165, 1.54) is 33.9 Å². The van der Waals surface area contributed by atoms with Crippen LogP contribution >= 0.6 is 0 Å². The summed E-state index contributed by atoms with van der Waals surface area (Å²) >= 11 is 0. The van der Waals surface area contributed by atoms with Crippen molar-refractivity contribution < 1.29 is 19.2 Å². The summed E-state index contributed by atoms with van der Waals surface area (Å²) in [6.07, 6.45) is 8.37. The van der Waals surface area contributed by atoms with E-state index in [-0.39, 0.29) is 17.4 Å². The maximum atomic E-state index is 9.73. The molecule has 2 aliphatic rings. The Hall–Kier alpha value is -5.23. The molecule has 276 valence electrons. The lowest BCUT2D eigenvalue weighted by atomic mass is 9.80. The molecule has 5 heteroatoms. The van der Waals surface area contributed by atoms with E-state index in [0.29, 0.717) is 6.61 Å². The van der Waals surface area contributed by atoms with E-state index in [9.17, 15) is 5.11 Å². The molecule has 54 heavy (non-hydrogen) atoms. The van der Waals surface area contributed by atoms with Crippen molar-refractivity contribution in [1.29, 1.82) is 0 Å². The van der Waals surface area contributed by atoms with Crippen LogP contribution in [0.15, 0.2) is 157 Å².